The zero-order valence-corrected chi connectivity index (χ0v) is 13.2. The third kappa shape index (κ3) is 2.21. The largest absolute Gasteiger partial charge is 0.456 e. The van der Waals surface area contributed by atoms with Crippen molar-refractivity contribution in [1.29, 1.82) is 5.26 Å². The van der Waals surface area contributed by atoms with Crippen molar-refractivity contribution in [3.63, 3.8) is 0 Å². The Morgan fingerprint density at radius 3 is 2.50 bits per heavy atom. The molecule has 1 aromatic rings. The Bertz CT molecular complexity index is 941. The maximum absolute atomic E-state index is 9.58. The lowest BCUT2D eigenvalue weighted by molar-refractivity contribution is 0.616. The van der Waals surface area contributed by atoms with Crippen molar-refractivity contribution in [2.75, 3.05) is 33.1 Å². The smallest absolute Gasteiger partial charge is 0.203 e. The first-order valence-electron chi connectivity index (χ1n) is 7.09. The highest BCUT2D eigenvalue weighted by Gasteiger charge is 2.16. The Morgan fingerprint density at radius 1 is 1.09 bits per heavy atom. The first-order chi connectivity index (χ1) is 10.5. The van der Waals surface area contributed by atoms with E-state index in [2.05, 4.69) is 6.07 Å². The van der Waals surface area contributed by atoms with Gasteiger partial charge in [-0.25, -0.2) is 4.58 Å². The Balaban J connectivity index is 2.45. The molecule has 1 aliphatic heterocycles. The van der Waals surface area contributed by atoms with E-state index in [1.54, 1.807) is 0 Å². The second-order valence-electron chi connectivity index (χ2n) is 5.74. The van der Waals surface area contributed by atoms with Gasteiger partial charge in [-0.15, -0.1) is 0 Å². The van der Waals surface area contributed by atoms with Gasteiger partial charge in [0, 0.05) is 42.9 Å². The van der Waals surface area contributed by atoms with Gasteiger partial charge in [0.2, 0.25) is 5.36 Å². The Hall–Kier alpha value is -2.80. The topological polar surface area (TPSA) is 43.2 Å². The summed E-state index contributed by atoms with van der Waals surface area (Å²) in [5.41, 5.74) is 3.28. The van der Waals surface area contributed by atoms with Gasteiger partial charge in [0.15, 0.2) is 0 Å². The van der Waals surface area contributed by atoms with Gasteiger partial charge in [0.05, 0.1) is 11.6 Å². The molecule has 4 nitrogen and oxygen atoms in total. The van der Waals surface area contributed by atoms with E-state index < -0.39 is 0 Å². The highest BCUT2D eigenvalue weighted by molar-refractivity contribution is 5.92. The number of nitrogens with zero attached hydrogens (tertiary/aromatic N) is 3. The van der Waals surface area contributed by atoms with Crippen LogP contribution in [0.2, 0.25) is 0 Å². The van der Waals surface area contributed by atoms with E-state index in [1.807, 2.05) is 74.1 Å². The van der Waals surface area contributed by atoms with Crippen LogP contribution in [-0.2, 0) is 0 Å². The van der Waals surface area contributed by atoms with Crippen LogP contribution in [0.1, 0.15) is 5.56 Å². The van der Waals surface area contributed by atoms with Gasteiger partial charge in [-0.3, -0.25) is 0 Å². The van der Waals surface area contributed by atoms with Gasteiger partial charge in [-0.05, 0) is 18.2 Å². The standard InChI is InChI=1S/C18H18N3O/c1-20(2)12-5-7-14-16(11-19)15-8-6-13(21(3)4)10-18(15)22-17(14)9-12/h5-10H,1-4H3/q+1. The van der Waals surface area contributed by atoms with Gasteiger partial charge in [-0.2, -0.15) is 5.26 Å². The summed E-state index contributed by atoms with van der Waals surface area (Å²) in [6.07, 6.45) is 0. The molecule has 3 rings (SSSR count). The second-order valence-corrected chi connectivity index (χ2v) is 5.74. The predicted octanol–water partition coefficient (Wildman–Crippen LogP) is 2.51. The van der Waals surface area contributed by atoms with Gasteiger partial charge >= 0.3 is 0 Å². The molecule has 4 heteroatoms. The van der Waals surface area contributed by atoms with Gasteiger partial charge in [0.1, 0.15) is 31.5 Å². The van der Waals surface area contributed by atoms with Crippen LogP contribution in [0.15, 0.2) is 40.8 Å². The molecule has 22 heavy (non-hydrogen) atoms. The van der Waals surface area contributed by atoms with E-state index >= 15 is 0 Å². The van der Waals surface area contributed by atoms with Gasteiger partial charge < -0.3 is 9.32 Å². The maximum atomic E-state index is 9.58. The molecule has 1 heterocycles. The summed E-state index contributed by atoms with van der Waals surface area (Å²) in [5.74, 6) is 0.728. The summed E-state index contributed by atoms with van der Waals surface area (Å²) in [4.78, 5) is 2.02. The van der Waals surface area contributed by atoms with Crippen molar-refractivity contribution in [2.45, 2.75) is 0 Å². The zero-order chi connectivity index (χ0) is 15.9. The van der Waals surface area contributed by atoms with Crippen LogP contribution < -0.4 is 14.8 Å². The third-order valence-electron chi connectivity index (χ3n) is 3.83. The number of hydrogen-bond acceptors (Lipinski definition) is 3. The fourth-order valence-electron chi connectivity index (χ4n) is 2.54. The zero-order valence-electron chi connectivity index (χ0n) is 13.2. The molecule has 0 aromatic heterocycles. The molecule has 0 N–H and O–H groups in total. The maximum Gasteiger partial charge on any atom is 0.203 e. The van der Waals surface area contributed by atoms with Crippen molar-refractivity contribution in [3.8, 4) is 17.4 Å². The quantitative estimate of drug-likeness (QED) is 0.511. The molecule has 2 aliphatic rings. The van der Waals surface area contributed by atoms with Crippen molar-refractivity contribution in [3.05, 3.63) is 47.3 Å². The molecule has 0 saturated carbocycles. The predicted molar refractivity (Wildman–Crippen MR) is 89.0 cm³/mol. The lowest BCUT2D eigenvalue weighted by atomic mass is 10.0. The van der Waals surface area contributed by atoms with Crippen LogP contribution in [0.4, 0.5) is 5.69 Å². The molecule has 0 fully saturated rings. The average molecular weight is 292 g/mol. The first-order valence-corrected chi connectivity index (χ1v) is 7.09. The molecule has 0 bridgehead atoms. The Labute approximate surface area is 129 Å². The summed E-state index contributed by atoms with van der Waals surface area (Å²) in [7, 11) is 7.93. The van der Waals surface area contributed by atoms with Gasteiger partial charge in [-0.1, -0.05) is 0 Å². The van der Waals surface area contributed by atoms with Crippen LogP contribution in [0.25, 0.3) is 22.3 Å². The van der Waals surface area contributed by atoms with E-state index in [1.165, 1.54) is 0 Å². The minimum atomic E-state index is 0.659. The first kappa shape index (κ1) is 14.2. The van der Waals surface area contributed by atoms with Crippen LogP contribution in [-0.4, -0.2) is 28.2 Å². The number of hydrogen-bond donors (Lipinski definition) is 0. The van der Waals surface area contributed by atoms with E-state index in [9.17, 15) is 5.26 Å². The highest BCUT2D eigenvalue weighted by Crippen LogP contribution is 2.33. The molecule has 0 radical (unpaired) electrons. The number of fused-ring (bicyclic) bond motifs is 2. The van der Waals surface area contributed by atoms with E-state index in [0.717, 1.165) is 33.3 Å². The van der Waals surface area contributed by atoms with Crippen molar-refractivity contribution >= 4 is 16.7 Å². The molecule has 0 saturated heterocycles. The van der Waals surface area contributed by atoms with Crippen LogP contribution in [0, 0.1) is 11.3 Å². The fraction of sp³-hybridized carbons (Fsp3) is 0.222. The molecule has 0 spiro atoms. The van der Waals surface area contributed by atoms with Crippen LogP contribution >= 0.6 is 0 Å². The summed E-state index contributed by atoms with van der Waals surface area (Å²) in [6, 6.07) is 14.2. The SMILES string of the molecule is CN(C)c1ccc2c(C#N)c3ccc(=[N+](C)C)cc-3oc2c1. The van der Waals surface area contributed by atoms with Crippen LogP contribution in [0.3, 0.4) is 0 Å². The fourth-order valence-corrected chi connectivity index (χ4v) is 2.54. The summed E-state index contributed by atoms with van der Waals surface area (Å²) in [5, 5.41) is 11.5. The molecule has 0 atom stereocenters. The van der Waals surface area contributed by atoms with Gasteiger partial charge in [0.25, 0.3) is 0 Å². The Kier molecular flexibility index (Phi) is 3.34. The number of benzene rings is 2. The normalized spacial score (nSPS) is 10.7. The summed E-state index contributed by atoms with van der Waals surface area (Å²) >= 11 is 0. The number of rotatable bonds is 1. The summed E-state index contributed by atoms with van der Waals surface area (Å²) < 4.78 is 8.08. The minimum absolute atomic E-state index is 0.659. The second kappa shape index (κ2) is 5.19. The molecule has 1 aromatic carbocycles. The van der Waals surface area contributed by atoms with Crippen molar-refractivity contribution < 1.29 is 4.42 Å². The Morgan fingerprint density at radius 2 is 1.86 bits per heavy atom. The lowest BCUT2D eigenvalue weighted by Gasteiger charge is -2.15. The van der Waals surface area contributed by atoms with Crippen molar-refractivity contribution in [2.24, 2.45) is 0 Å². The molecule has 1 aliphatic carbocycles. The number of anilines is 1. The molecule has 110 valence electrons. The van der Waals surface area contributed by atoms with E-state index in [0.29, 0.717) is 5.56 Å². The van der Waals surface area contributed by atoms with Crippen LogP contribution in [0.5, 0.6) is 0 Å². The lowest BCUT2D eigenvalue weighted by Crippen LogP contribution is -2.21. The average Bonchev–Trinajstić information content (AvgIpc) is 2.51. The molecular formula is C18H18N3O+. The van der Waals surface area contributed by atoms with E-state index in [4.69, 9.17) is 4.42 Å². The third-order valence-corrected chi connectivity index (χ3v) is 3.83. The molecule has 0 amide bonds. The molecular weight excluding hydrogens is 274 g/mol. The molecule has 0 unspecified atom stereocenters. The number of nitriles is 1. The van der Waals surface area contributed by atoms with E-state index in [-0.39, 0.29) is 0 Å². The highest BCUT2D eigenvalue weighted by atomic mass is 16.3. The van der Waals surface area contributed by atoms with Crippen molar-refractivity contribution in [1.82, 2.24) is 4.58 Å². The monoisotopic (exact) mass is 292 g/mol. The summed E-state index contributed by atoms with van der Waals surface area (Å²) in [6.45, 7) is 0. The minimum Gasteiger partial charge on any atom is -0.456 e.